The van der Waals surface area contributed by atoms with Gasteiger partial charge in [-0.2, -0.15) is 0 Å². The SMILES string of the molecule is CC(=O)C(=O)C(O)C(O)C(O)C(O)CO.Cl. The third-order valence-corrected chi connectivity index (χ3v) is 1.87. The Morgan fingerprint density at radius 2 is 1.50 bits per heavy atom. The van der Waals surface area contributed by atoms with Crippen molar-refractivity contribution in [2.24, 2.45) is 0 Å². The van der Waals surface area contributed by atoms with Crippen molar-refractivity contribution in [2.45, 2.75) is 31.3 Å². The third kappa shape index (κ3) is 4.52. The van der Waals surface area contributed by atoms with Gasteiger partial charge in [-0.05, 0) is 0 Å². The molecule has 0 aliphatic carbocycles. The number of aliphatic hydroxyl groups excluding tert-OH is 5. The Hall–Kier alpha value is -0.570. The van der Waals surface area contributed by atoms with Crippen molar-refractivity contribution in [3.8, 4) is 0 Å². The Bertz CT molecular complexity index is 245. The lowest BCUT2D eigenvalue weighted by Gasteiger charge is -2.24. The molecular formula is C8H15ClO7. The van der Waals surface area contributed by atoms with Gasteiger partial charge in [0.15, 0.2) is 5.78 Å². The van der Waals surface area contributed by atoms with Crippen LogP contribution in [0.5, 0.6) is 0 Å². The Kier molecular flexibility index (Phi) is 8.53. The van der Waals surface area contributed by atoms with Crippen LogP contribution in [0.15, 0.2) is 0 Å². The van der Waals surface area contributed by atoms with Gasteiger partial charge in [-0.3, -0.25) is 9.59 Å². The third-order valence-electron chi connectivity index (χ3n) is 1.87. The van der Waals surface area contributed by atoms with E-state index in [9.17, 15) is 9.59 Å². The minimum Gasteiger partial charge on any atom is -0.394 e. The second-order valence-electron chi connectivity index (χ2n) is 3.10. The molecular weight excluding hydrogens is 244 g/mol. The smallest absolute Gasteiger partial charge is 0.229 e. The van der Waals surface area contributed by atoms with E-state index in [0.717, 1.165) is 6.92 Å². The molecule has 0 saturated carbocycles. The summed E-state index contributed by atoms with van der Waals surface area (Å²) in [7, 11) is 0. The van der Waals surface area contributed by atoms with E-state index in [4.69, 9.17) is 25.5 Å². The maximum Gasteiger partial charge on any atom is 0.229 e. The highest BCUT2D eigenvalue weighted by Gasteiger charge is 2.35. The number of Topliss-reactive ketones (excluding diaryl/α,β-unsaturated/α-hetero) is 2. The molecule has 0 radical (unpaired) electrons. The van der Waals surface area contributed by atoms with Gasteiger partial charge in [0.1, 0.15) is 24.4 Å². The van der Waals surface area contributed by atoms with Crippen molar-refractivity contribution < 1.29 is 35.1 Å². The predicted molar refractivity (Wildman–Crippen MR) is 54.0 cm³/mol. The predicted octanol–water partition coefficient (Wildman–Crippen LogP) is -3.00. The first kappa shape index (κ1) is 17.8. The average molecular weight is 259 g/mol. The molecule has 4 unspecified atom stereocenters. The first-order valence-corrected chi connectivity index (χ1v) is 4.20. The minimum atomic E-state index is -2.11. The minimum absolute atomic E-state index is 0. The number of hydrogen-bond acceptors (Lipinski definition) is 7. The fraction of sp³-hybridized carbons (Fsp3) is 0.750. The maximum atomic E-state index is 10.9. The lowest BCUT2D eigenvalue weighted by Crippen LogP contribution is -2.49. The van der Waals surface area contributed by atoms with E-state index in [-0.39, 0.29) is 12.4 Å². The molecule has 0 aliphatic rings. The highest BCUT2D eigenvalue weighted by atomic mass is 35.5. The van der Waals surface area contributed by atoms with E-state index in [1.54, 1.807) is 0 Å². The molecule has 0 aromatic carbocycles. The molecule has 0 spiro atoms. The molecule has 0 aromatic rings. The van der Waals surface area contributed by atoms with Crippen LogP contribution in [0.2, 0.25) is 0 Å². The Morgan fingerprint density at radius 1 is 1.06 bits per heavy atom. The standard InChI is InChI=1S/C8H14O7.ClH/c1-3(10)5(12)7(14)8(15)6(13)4(11)2-9;/h4,6-9,11,13-15H,2H2,1H3;1H. The Balaban J connectivity index is 0. The van der Waals surface area contributed by atoms with Gasteiger partial charge in [-0.25, -0.2) is 0 Å². The lowest BCUT2D eigenvalue weighted by molar-refractivity contribution is -0.153. The van der Waals surface area contributed by atoms with E-state index >= 15 is 0 Å². The van der Waals surface area contributed by atoms with Crippen LogP contribution >= 0.6 is 12.4 Å². The zero-order chi connectivity index (χ0) is 12.2. The fourth-order valence-electron chi connectivity index (χ4n) is 0.886. The summed E-state index contributed by atoms with van der Waals surface area (Å²) in [5, 5.41) is 44.7. The molecule has 0 fully saturated rings. The molecule has 7 nitrogen and oxygen atoms in total. The monoisotopic (exact) mass is 258 g/mol. The average Bonchev–Trinajstić information content (AvgIpc) is 2.23. The van der Waals surface area contributed by atoms with Gasteiger partial charge in [0.25, 0.3) is 0 Å². The van der Waals surface area contributed by atoms with Crippen molar-refractivity contribution in [2.75, 3.05) is 6.61 Å². The number of rotatable bonds is 6. The van der Waals surface area contributed by atoms with Crippen molar-refractivity contribution >= 4 is 24.0 Å². The summed E-state index contributed by atoms with van der Waals surface area (Å²) in [5.41, 5.74) is 0. The number of carbonyl (C=O) groups excluding carboxylic acids is 2. The first-order chi connectivity index (χ1) is 6.82. The second-order valence-corrected chi connectivity index (χ2v) is 3.10. The van der Waals surface area contributed by atoms with E-state index in [1.165, 1.54) is 0 Å². The molecule has 0 aromatic heterocycles. The summed E-state index contributed by atoms with van der Waals surface area (Å²) in [6.07, 6.45) is -7.75. The van der Waals surface area contributed by atoms with Crippen LogP contribution in [-0.2, 0) is 9.59 Å². The second kappa shape index (κ2) is 7.66. The quantitative estimate of drug-likeness (QED) is 0.320. The van der Waals surface area contributed by atoms with Crippen LogP contribution in [0.25, 0.3) is 0 Å². The van der Waals surface area contributed by atoms with Gasteiger partial charge >= 0.3 is 0 Å². The Labute approximate surface area is 97.7 Å². The summed E-state index contributed by atoms with van der Waals surface area (Å²) >= 11 is 0. The fourth-order valence-corrected chi connectivity index (χ4v) is 0.886. The summed E-state index contributed by atoms with van der Waals surface area (Å²) in [5.74, 6) is -2.25. The normalized spacial score (nSPS) is 17.9. The van der Waals surface area contributed by atoms with Gasteiger partial charge in [0, 0.05) is 6.92 Å². The van der Waals surface area contributed by atoms with Crippen molar-refractivity contribution in [3.63, 3.8) is 0 Å². The highest BCUT2D eigenvalue weighted by molar-refractivity contribution is 6.38. The molecule has 0 rings (SSSR count). The van der Waals surface area contributed by atoms with Crippen molar-refractivity contribution in [3.05, 3.63) is 0 Å². The number of halogens is 1. The highest BCUT2D eigenvalue weighted by Crippen LogP contribution is 2.06. The van der Waals surface area contributed by atoms with Gasteiger partial charge in [0.05, 0.1) is 6.61 Å². The number of aliphatic hydroxyl groups is 5. The van der Waals surface area contributed by atoms with Crippen molar-refractivity contribution in [1.29, 1.82) is 0 Å². The number of hydrogen-bond donors (Lipinski definition) is 5. The Morgan fingerprint density at radius 3 is 1.81 bits per heavy atom. The first-order valence-electron chi connectivity index (χ1n) is 4.20. The molecule has 0 aliphatic heterocycles. The lowest BCUT2D eigenvalue weighted by atomic mass is 9.99. The van der Waals surface area contributed by atoms with Gasteiger partial charge in [0.2, 0.25) is 5.78 Å². The molecule has 0 amide bonds. The summed E-state index contributed by atoms with van der Waals surface area (Å²) in [6.45, 7) is 0.0480. The van der Waals surface area contributed by atoms with Gasteiger partial charge < -0.3 is 25.5 Å². The molecule has 5 N–H and O–H groups in total. The molecule has 0 saturated heterocycles. The zero-order valence-electron chi connectivity index (χ0n) is 8.48. The van der Waals surface area contributed by atoms with Crippen LogP contribution in [0, 0.1) is 0 Å². The van der Waals surface area contributed by atoms with Gasteiger partial charge in [-0.15, -0.1) is 12.4 Å². The van der Waals surface area contributed by atoms with Crippen LogP contribution in [0.4, 0.5) is 0 Å². The van der Waals surface area contributed by atoms with E-state index in [2.05, 4.69) is 0 Å². The van der Waals surface area contributed by atoms with E-state index < -0.39 is 42.6 Å². The molecule has 0 bridgehead atoms. The van der Waals surface area contributed by atoms with Crippen molar-refractivity contribution in [1.82, 2.24) is 0 Å². The molecule has 16 heavy (non-hydrogen) atoms. The molecule has 96 valence electrons. The van der Waals surface area contributed by atoms with Crippen LogP contribution in [0.1, 0.15) is 6.92 Å². The summed E-state index contributed by atoms with van der Waals surface area (Å²) in [4.78, 5) is 21.4. The zero-order valence-corrected chi connectivity index (χ0v) is 9.29. The maximum absolute atomic E-state index is 10.9. The topological polar surface area (TPSA) is 135 Å². The summed E-state index contributed by atoms with van der Waals surface area (Å²) < 4.78 is 0. The van der Waals surface area contributed by atoms with Crippen LogP contribution in [0.3, 0.4) is 0 Å². The van der Waals surface area contributed by atoms with Crippen LogP contribution < -0.4 is 0 Å². The molecule has 8 heteroatoms. The van der Waals surface area contributed by atoms with E-state index in [0.29, 0.717) is 0 Å². The summed E-state index contributed by atoms with van der Waals surface area (Å²) in [6, 6.07) is 0. The molecule has 4 atom stereocenters. The number of ketones is 2. The van der Waals surface area contributed by atoms with Crippen LogP contribution in [-0.4, -0.2) is 68.1 Å². The van der Waals surface area contributed by atoms with E-state index in [1.807, 2.05) is 0 Å². The largest absolute Gasteiger partial charge is 0.394 e. The molecule has 0 heterocycles. The van der Waals surface area contributed by atoms with Gasteiger partial charge in [-0.1, -0.05) is 0 Å². The number of carbonyl (C=O) groups is 2.